The molecule has 1 N–H and O–H groups in total. The predicted molar refractivity (Wildman–Crippen MR) is 66.5 cm³/mol. The van der Waals surface area contributed by atoms with E-state index in [9.17, 15) is 4.79 Å². The number of carbonyl (C=O) groups is 1. The van der Waals surface area contributed by atoms with Gasteiger partial charge in [0.25, 0.3) is 0 Å². The average molecular weight is 248 g/mol. The fourth-order valence-electron chi connectivity index (χ4n) is 1.46. The largest absolute Gasteiger partial charge is 0.496 e. The van der Waals surface area contributed by atoms with Crippen LogP contribution in [0.25, 0.3) is 0 Å². The van der Waals surface area contributed by atoms with Crippen LogP contribution in [-0.4, -0.2) is 23.4 Å². The normalized spacial score (nSPS) is 10.2. The Hall–Kier alpha value is -1.75. The highest BCUT2D eigenvalue weighted by atomic mass is 32.2. The van der Waals surface area contributed by atoms with Gasteiger partial charge in [0.15, 0.2) is 5.16 Å². The second-order valence-electron chi connectivity index (χ2n) is 3.37. The van der Waals surface area contributed by atoms with Gasteiger partial charge in [0, 0.05) is 29.3 Å². The molecule has 1 aromatic heterocycles. The maximum atomic E-state index is 10.7. The number of imidazole rings is 1. The van der Waals surface area contributed by atoms with Gasteiger partial charge in [-0.05, 0) is 18.2 Å². The van der Waals surface area contributed by atoms with Gasteiger partial charge in [-0.3, -0.25) is 4.79 Å². The SMILES string of the molecule is COc1ccc(C=O)cc1CSc1ncc[nH]1. The zero-order valence-electron chi connectivity index (χ0n) is 9.34. The minimum atomic E-state index is 0.654. The molecule has 0 aliphatic heterocycles. The van der Waals surface area contributed by atoms with Crippen LogP contribution in [0.15, 0.2) is 35.7 Å². The number of thioether (sulfide) groups is 1. The zero-order valence-corrected chi connectivity index (χ0v) is 10.2. The molecule has 0 aliphatic carbocycles. The van der Waals surface area contributed by atoms with Crippen LogP contribution in [-0.2, 0) is 5.75 Å². The monoisotopic (exact) mass is 248 g/mol. The van der Waals surface area contributed by atoms with Gasteiger partial charge >= 0.3 is 0 Å². The lowest BCUT2D eigenvalue weighted by Gasteiger charge is -2.07. The number of aldehydes is 1. The number of nitrogens with zero attached hydrogens (tertiary/aromatic N) is 1. The van der Waals surface area contributed by atoms with Gasteiger partial charge in [-0.15, -0.1) is 0 Å². The van der Waals surface area contributed by atoms with Crippen molar-refractivity contribution >= 4 is 18.0 Å². The number of rotatable bonds is 5. The van der Waals surface area contributed by atoms with Gasteiger partial charge in [-0.1, -0.05) is 11.8 Å². The minimum absolute atomic E-state index is 0.654. The van der Waals surface area contributed by atoms with Crippen LogP contribution in [0.3, 0.4) is 0 Å². The number of nitrogens with one attached hydrogen (secondary N) is 1. The fraction of sp³-hybridized carbons (Fsp3) is 0.167. The third kappa shape index (κ3) is 2.88. The van der Waals surface area contributed by atoms with Gasteiger partial charge in [0.1, 0.15) is 12.0 Å². The van der Waals surface area contributed by atoms with Crippen LogP contribution in [0.5, 0.6) is 5.75 Å². The first-order valence-electron chi connectivity index (χ1n) is 5.07. The summed E-state index contributed by atoms with van der Waals surface area (Å²) in [7, 11) is 1.62. The Balaban J connectivity index is 2.15. The van der Waals surface area contributed by atoms with Crippen molar-refractivity contribution in [2.24, 2.45) is 0 Å². The molecule has 4 nitrogen and oxygen atoms in total. The Morgan fingerprint density at radius 2 is 2.41 bits per heavy atom. The number of methoxy groups -OCH3 is 1. The first kappa shape index (κ1) is 11.7. The molecule has 17 heavy (non-hydrogen) atoms. The molecule has 1 heterocycles. The summed E-state index contributed by atoms with van der Waals surface area (Å²) in [5.41, 5.74) is 1.64. The topological polar surface area (TPSA) is 55.0 Å². The van der Waals surface area contributed by atoms with E-state index in [1.807, 2.05) is 12.1 Å². The summed E-state index contributed by atoms with van der Waals surface area (Å²) in [5, 5.41) is 0.851. The van der Waals surface area contributed by atoms with Gasteiger partial charge < -0.3 is 9.72 Å². The molecule has 1 aromatic carbocycles. The molecule has 88 valence electrons. The van der Waals surface area contributed by atoms with Gasteiger partial charge in [0.05, 0.1) is 7.11 Å². The smallest absolute Gasteiger partial charge is 0.165 e. The number of aromatic amines is 1. The molecule has 0 radical (unpaired) electrons. The molecule has 0 unspecified atom stereocenters. The Bertz CT molecular complexity index is 497. The number of H-pyrrole nitrogens is 1. The molecule has 2 rings (SSSR count). The van der Waals surface area contributed by atoms with Gasteiger partial charge in [0.2, 0.25) is 0 Å². The Morgan fingerprint density at radius 1 is 1.53 bits per heavy atom. The maximum absolute atomic E-state index is 10.7. The highest BCUT2D eigenvalue weighted by Gasteiger charge is 2.06. The van der Waals surface area contributed by atoms with E-state index in [0.717, 1.165) is 22.8 Å². The number of hydrogen-bond donors (Lipinski definition) is 1. The van der Waals surface area contributed by atoms with Crippen molar-refractivity contribution in [2.75, 3.05) is 7.11 Å². The molecule has 0 aliphatic rings. The third-order valence-electron chi connectivity index (χ3n) is 2.28. The van der Waals surface area contributed by atoms with E-state index < -0.39 is 0 Å². The molecule has 0 saturated carbocycles. The number of ether oxygens (including phenoxy) is 1. The molecular formula is C12H12N2O2S. The molecule has 2 aromatic rings. The van der Waals surface area contributed by atoms with E-state index in [1.165, 1.54) is 0 Å². The Morgan fingerprint density at radius 3 is 3.06 bits per heavy atom. The second kappa shape index (κ2) is 5.54. The summed E-state index contributed by atoms with van der Waals surface area (Å²) in [5.74, 6) is 1.49. The van der Waals surface area contributed by atoms with Crippen LogP contribution in [0, 0.1) is 0 Å². The molecule has 5 heteroatoms. The van der Waals surface area contributed by atoms with E-state index >= 15 is 0 Å². The van der Waals surface area contributed by atoms with E-state index in [0.29, 0.717) is 11.3 Å². The van der Waals surface area contributed by atoms with Crippen molar-refractivity contribution in [3.8, 4) is 5.75 Å². The van der Waals surface area contributed by atoms with Crippen LogP contribution in [0.1, 0.15) is 15.9 Å². The quantitative estimate of drug-likeness (QED) is 0.652. The Kier molecular flexibility index (Phi) is 3.82. The second-order valence-corrected chi connectivity index (χ2v) is 4.34. The summed E-state index contributed by atoms with van der Waals surface area (Å²) < 4.78 is 5.25. The van der Waals surface area contributed by atoms with Crippen molar-refractivity contribution in [1.82, 2.24) is 9.97 Å². The first-order valence-corrected chi connectivity index (χ1v) is 6.06. The van der Waals surface area contributed by atoms with E-state index in [4.69, 9.17) is 4.74 Å². The Labute approximate surface area is 103 Å². The molecule has 0 fully saturated rings. The average Bonchev–Trinajstić information content (AvgIpc) is 2.89. The van der Waals surface area contributed by atoms with Crippen LogP contribution in [0.2, 0.25) is 0 Å². The minimum Gasteiger partial charge on any atom is -0.496 e. The lowest BCUT2D eigenvalue weighted by atomic mass is 10.1. The van der Waals surface area contributed by atoms with Gasteiger partial charge in [-0.25, -0.2) is 4.98 Å². The predicted octanol–water partition coefficient (Wildman–Crippen LogP) is 2.52. The third-order valence-corrected chi connectivity index (χ3v) is 3.23. The molecular weight excluding hydrogens is 236 g/mol. The van der Waals surface area contributed by atoms with Crippen molar-refractivity contribution in [2.45, 2.75) is 10.9 Å². The summed E-state index contributed by atoms with van der Waals surface area (Å²) in [6, 6.07) is 5.39. The van der Waals surface area contributed by atoms with E-state index in [2.05, 4.69) is 9.97 Å². The maximum Gasteiger partial charge on any atom is 0.165 e. The standard InChI is InChI=1S/C12H12N2O2S/c1-16-11-3-2-9(7-15)6-10(11)8-17-12-13-4-5-14-12/h2-7H,8H2,1H3,(H,13,14). The summed E-state index contributed by atoms with van der Waals surface area (Å²) in [6.45, 7) is 0. The molecule has 0 saturated heterocycles. The van der Waals surface area contributed by atoms with Gasteiger partial charge in [-0.2, -0.15) is 0 Å². The number of aromatic nitrogens is 2. The summed E-state index contributed by atoms with van der Waals surface area (Å²) in [4.78, 5) is 17.9. The van der Waals surface area contributed by atoms with Crippen molar-refractivity contribution in [3.63, 3.8) is 0 Å². The van der Waals surface area contributed by atoms with E-state index in [-0.39, 0.29) is 0 Å². The zero-order chi connectivity index (χ0) is 12.1. The molecule has 0 spiro atoms. The van der Waals surface area contributed by atoms with Crippen LogP contribution >= 0.6 is 11.8 Å². The van der Waals surface area contributed by atoms with Crippen molar-refractivity contribution in [1.29, 1.82) is 0 Å². The number of carbonyl (C=O) groups excluding carboxylic acids is 1. The first-order chi connectivity index (χ1) is 8.33. The van der Waals surface area contributed by atoms with E-state index in [1.54, 1.807) is 37.3 Å². The molecule has 0 amide bonds. The number of benzene rings is 1. The lowest BCUT2D eigenvalue weighted by molar-refractivity contribution is 0.112. The van der Waals surface area contributed by atoms with Crippen molar-refractivity contribution in [3.05, 3.63) is 41.7 Å². The molecule has 0 bridgehead atoms. The molecule has 0 atom stereocenters. The van der Waals surface area contributed by atoms with Crippen LogP contribution < -0.4 is 4.74 Å². The highest BCUT2D eigenvalue weighted by Crippen LogP contribution is 2.26. The summed E-state index contributed by atoms with van der Waals surface area (Å²) >= 11 is 1.57. The van der Waals surface area contributed by atoms with Crippen LogP contribution in [0.4, 0.5) is 0 Å². The summed E-state index contributed by atoms with van der Waals surface area (Å²) in [6.07, 6.45) is 4.32. The number of hydrogen-bond acceptors (Lipinski definition) is 4. The van der Waals surface area contributed by atoms with Crippen molar-refractivity contribution < 1.29 is 9.53 Å². The lowest BCUT2D eigenvalue weighted by Crippen LogP contribution is -1.92. The fourth-order valence-corrected chi connectivity index (χ4v) is 2.27. The highest BCUT2D eigenvalue weighted by molar-refractivity contribution is 7.98.